The molecule has 0 saturated carbocycles. The molecule has 0 aliphatic rings. The third-order valence-electron chi connectivity index (χ3n) is 0. The quantitative estimate of drug-likeness (QED) is 0.422. The van der Waals surface area contributed by atoms with Gasteiger partial charge < -0.3 is 5.48 Å². The van der Waals surface area contributed by atoms with Gasteiger partial charge in [0.1, 0.15) is 0 Å². The molecule has 0 aliphatic carbocycles. The molecule has 0 bridgehead atoms. The third-order valence-corrected chi connectivity index (χ3v) is 0. The maximum atomic E-state index is 8.64. The first kappa shape index (κ1) is 22.5. The zero-order chi connectivity index (χ0) is 5.45. The first-order chi connectivity index (χ1) is 2.24. The Hall–Kier alpha value is 2.42. The molecule has 0 unspecified atom stereocenters. The molecule has 0 aromatic carbocycles. The van der Waals surface area contributed by atoms with E-state index in [0.717, 1.165) is 0 Å². The van der Waals surface area contributed by atoms with Crippen LogP contribution in [0.15, 0.2) is 0 Å². The molecule has 48 valence electrons. The van der Waals surface area contributed by atoms with Gasteiger partial charge in [0.05, 0.1) is 0 Å². The molecule has 0 spiro atoms. The predicted octanol–water partition coefficient (Wildman–Crippen LogP) is -3.62. The summed E-state index contributed by atoms with van der Waals surface area (Å²) in [5.41, 5.74) is 0. The second-order valence-electron chi connectivity index (χ2n) is 0.589. The van der Waals surface area contributed by atoms with Gasteiger partial charge in [0, 0.05) is 0 Å². The van der Waals surface area contributed by atoms with E-state index in [9.17, 15) is 0 Å². The van der Waals surface area contributed by atoms with E-state index < -0.39 is 14.2 Å². The number of rotatable bonds is 0. The van der Waals surface area contributed by atoms with Gasteiger partial charge in [-0.3, -0.25) is 0 Å². The van der Waals surface area contributed by atoms with Crippen molar-refractivity contribution >= 4 is 75.5 Å². The Morgan fingerprint density at radius 3 is 0.889 bits per heavy atom. The molecule has 9 heteroatoms. The molecule has 0 fully saturated rings. The van der Waals surface area contributed by atoms with Crippen molar-refractivity contribution in [3.05, 3.63) is 0 Å². The van der Waals surface area contributed by atoms with Crippen molar-refractivity contribution < 1.29 is 38.2 Å². The summed E-state index contributed by atoms with van der Waals surface area (Å²) in [6.45, 7) is 0. The summed E-state index contributed by atoms with van der Waals surface area (Å²) < 4.78 is 43.2. The minimum absolute atomic E-state index is 0. The Labute approximate surface area is 111 Å². The number of hydrogen-bond donors (Lipinski definition) is 0. The van der Waals surface area contributed by atoms with Crippen LogP contribution in [0.2, 0.25) is 0 Å². The molecular formula is Ca2O6Ru. The summed E-state index contributed by atoms with van der Waals surface area (Å²) in [4.78, 5) is 0. The van der Waals surface area contributed by atoms with E-state index in [-0.39, 0.29) is 81.0 Å². The fourth-order valence-corrected chi connectivity index (χ4v) is 0. The summed E-state index contributed by atoms with van der Waals surface area (Å²) in [5, 5.41) is 0. The fourth-order valence-electron chi connectivity index (χ4n) is 0. The summed E-state index contributed by atoms with van der Waals surface area (Å²) >= 11 is -7.72. The summed E-state index contributed by atoms with van der Waals surface area (Å²) in [6, 6.07) is 0. The molecule has 0 atom stereocenters. The van der Waals surface area contributed by atoms with Crippen LogP contribution in [0, 0.1) is 0 Å². The molecule has 0 aromatic heterocycles. The first-order valence-corrected chi connectivity index (χ1v) is 4.27. The summed E-state index contributed by atoms with van der Waals surface area (Å²) in [5.74, 6) is 0. The van der Waals surface area contributed by atoms with Crippen LogP contribution in [-0.4, -0.2) is 75.5 Å². The summed E-state index contributed by atoms with van der Waals surface area (Å²) in [7, 11) is 0. The van der Waals surface area contributed by atoms with E-state index >= 15 is 0 Å². The Kier molecular flexibility index (Phi) is 15.0. The molecule has 0 aromatic rings. The average Bonchev–Trinajstić information content (AvgIpc) is 0.650. The van der Waals surface area contributed by atoms with Gasteiger partial charge in [0.2, 0.25) is 0 Å². The van der Waals surface area contributed by atoms with E-state index in [1.807, 2.05) is 0 Å². The third kappa shape index (κ3) is 126. The molecule has 0 heterocycles. The van der Waals surface area contributed by atoms with E-state index in [1.165, 1.54) is 0 Å². The topological polar surface area (TPSA) is 126 Å². The Morgan fingerprint density at radius 2 is 0.889 bits per heavy atom. The Bertz CT molecular complexity index is 189. The van der Waals surface area contributed by atoms with E-state index in [2.05, 4.69) is 0 Å². The molecule has 9 heavy (non-hydrogen) atoms. The van der Waals surface area contributed by atoms with Crippen LogP contribution >= 0.6 is 0 Å². The molecule has 6 nitrogen and oxygen atoms in total. The molecule has 0 N–H and O–H groups in total. The second-order valence-corrected chi connectivity index (χ2v) is 3.49. The predicted molar refractivity (Wildman–Crippen MR) is 14.3 cm³/mol. The van der Waals surface area contributed by atoms with Crippen LogP contribution in [0.4, 0.5) is 0 Å². The van der Waals surface area contributed by atoms with Crippen LogP contribution in [0.5, 0.6) is 0 Å². The van der Waals surface area contributed by atoms with Crippen molar-refractivity contribution in [2.24, 2.45) is 0 Å². The van der Waals surface area contributed by atoms with Crippen LogP contribution in [0.1, 0.15) is 0 Å². The normalized spacial score (nSPS) is 12.4. The van der Waals surface area contributed by atoms with Gasteiger partial charge in [0.25, 0.3) is 0 Å². The van der Waals surface area contributed by atoms with Crippen LogP contribution < -0.4 is 7.87 Å². The first-order valence-electron chi connectivity index (χ1n) is 0.722. The molecule has 0 aliphatic heterocycles. The van der Waals surface area contributed by atoms with Crippen molar-refractivity contribution in [2.45, 2.75) is 0 Å². The molecule has 0 saturated heterocycles. The van der Waals surface area contributed by atoms with E-state index in [0.29, 0.717) is 0 Å². The van der Waals surface area contributed by atoms with Crippen molar-refractivity contribution in [1.29, 1.82) is 0 Å². The zero-order valence-electron chi connectivity index (χ0n) is 4.22. The Morgan fingerprint density at radius 1 is 0.889 bits per heavy atom. The van der Waals surface area contributed by atoms with Gasteiger partial charge in [-0.2, -0.15) is 0 Å². The molecule has 0 amide bonds. The van der Waals surface area contributed by atoms with Crippen molar-refractivity contribution in [3.8, 4) is 0 Å². The van der Waals surface area contributed by atoms with Gasteiger partial charge in [-0.1, -0.05) is 0 Å². The van der Waals surface area contributed by atoms with E-state index in [1.54, 1.807) is 0 Å². The van der Waals surface area contributed by atoms with Gasteiger partial charge in [-0.25, -0.2) is 0 Å². The van der Waals surface area contributed by atoms with Gasteiger partial charge >= 0.3 is 108 Å². The number of hydrogen-bond acceptors (Lipinski definition) is 5. The van der Waals surface area contributed by atoms with E-state index in [4.69, 9.17) is 18.6 Å². The van der Waals surface area contributed by atoms with Gasteiger partial charge in [0.15, 0.2) is 0 Å². The van der Waals surface area contributed by atoms with Gasteiger partial charge in [-0.15, -0.1) is 0 Å². The molecular weight excluding hydrogens is 277 g/mol. The minimum atomic E-state index is -7.72. The molecule has 0 rings (SSSR count). The standard InChI is InChI=1S/2Ca.6O.Ru/q2*+2;;;;-2;2*-1;. The molecule has 0 radical (unpaired) electrons. The van der Waals surface area contributed by atoms with Crippen molar-refractivity contribution in [2.75, 3.05) is 0 Å². The van der Waals surface area contributed by atoms with Crippen molar-refractivity contribution in [1.82, 2.24) is 0 Å². The van der Waals surface area contributed by atoms with Crippen molar-refractivity contribution in [3.63, 3.8) is 0 Å². The van der Waals surface area contributed by atoms with Crippen LogP contribution in [0.25, 0.3) is 0 Å². The Balaban J connectivity index is -0.0000000417. The van der Waals surface area contributed by atoms with Crippen LogP contribution in [-0.2, 0) is 30.4 Å². The SMILES string of the molecule is [Ca+2].[Ca+2].[O-2].[O]=[Ru](=[O])(=[O])([O-])[O-]. The monoisotopic (exact) mass is 278 g/mol. The maximum absolute atomic E-state index is 8.64. The zero-order valence-corrected chi connectivity index (χ0v) is 10.4. The van der Waals surface area contributed by atoms with Gasteiger partial charge in [-0.05, 0) is 0 Å². The van der Waals surface area contributed by atoms with Crippen LogP contribution in [0.3, 0.4) is 0 Å². The second kappa shape index (κ2) is 6.00. The summed E-state index contributed by atoms with van der Waals surface area (Å²) in [6.07, 6.45) is 0. The average molecular weight is 277 g/mol. The fraction of sp³-hybridized carbons (Fsp3) is 0.